The van der Waals surface area contributed by atoms with Crippen LogP contribution in [0.3, 0.4) is 0 Å². The number of hydrogen-bond donors (Lipinski definition) is 0. The van der Waals surface area contributed by atoms with Gasteiger partial charge in [-0.05, 0) is 34.5 Å². The zero-order valence-corrected chi connectivity index (χ0v) is 13.6. The van der Waals surface area contributed by atoms with Crippen molar-refractivity contribution in [3.63, 3.8) is 0 Å². The summed E-state index contributed by atoms with van der Waals surface area (Å²) in [4.78, 5) is 0.358. The number of rotatable bonds is 3. The molecule has 21 heavy (non-hydrogen) atoms. The van der Waals surface area contributed by atoms with Crippen LogP contribution in [0.15, 0.2) is 76.1 Å². The Labute approximate surface area is 132 Å². The van der Waals surface area contributed by atoms with Gasteiger partial charge in [-0.2, -0.15) is 0 Å². The third kappa shape index (κ3) is 3.01. The van der Waals surface area contributed by atoms with Crippen molar-refractivity contribution >= 4 is 36.5 Å². The topological polar surface area (TPSA) is 34.1 Å². The molecule has 0 unspecified atom stereocenters. The molecule has 3 aromatic carbocycles. The molecule has 0 atom stereocenters. The van der Waals surface area contributed by atoms with E-state index in [1.165, 1.54) is 0 Å². The number of benzene rings is 3. The average Bonchev–Trinajstić information content (AvgIpc) is 2.49. The minimum absolute atomic E-state index is 0.00718. The summed E-state index contributed by atoms with van der Waals surface area (Å²) in [6, 6.07) is 20.4. The summed E-state index contributed by atoms with van der Waals surface area (Å²) in [5.74, 6) is -0.00718. The van der Waals surface area contributed by atoms with Crippen LogP contribution in [-0.2, 0) is 15.6 Å². The Bertz CT molecular complexity index is 901. The minimum Gasteiger partial charge on any atom is -0.223 e. The van der Waals surface area contributed by atoms with Crippen LogP contribution < -0.4 is 0 Å². The Morgan fingerprint density at radius 2 is 1.48 bits per heavy atom. The summed E-state index contributed by atoms with van der Waals surface area (Å²) < 4.78 is 26.0. The molecule has 0 saturated carbocycles. The monoisotopic (exact) mass is 360 g/mol. The van der Waals surface area contributed by atoms with Gasteiger partial charge in [-0.1, -0.05) is 64.5 Å². The van der Waals surface area contributed by atoms with Crippen LogP contribution in [-0.4, -0.2) is 8.42 Å². The van der Waals surface area contributed by atoms with Gasteiger partial charge in [0.05, 0.1) is 10.6 Å². The summed E-state index contributed by atoms with van der Waals surface area (Å²) in [5.41, 5.74) is 0.769. The second-order valence-corrected chi connectivity index (χ2v) is 7.70. The largest absolute Gasteiger partial charge is 0.223 e. The van der Waals surface area contributed by atoms with Crippen LogP contribution in [0.2, 0.25) is 0 Å². The van der Waals surface area contributed by atoms with Crippen LogP contribution in [0.1, 0.15) is 5.56 Å². The second-order valence-electron chi connectivity index (χ2n) is 4.86. The van der Waals surface area contributed by atoms with Gasteiger partial charge in [0, 0.05) is 4.47 Å². The summed E-state index contributed by atoms with van der Waals surface area (Å²) in [5, 5.41) is 1.98. The maximum absolute atomic E-state index is 12.6. The van der Waals surface area contributed by atoms with E-state index in [2.05, 4.69) is 15.9 Å². The van der Waals surface area contributed by atoms with E-state index < -0.39 is 9.84 Å². The van der Waals surface area contributed by atoms with Crippen molar-refractivity contribution in [2.45, 2.75) is 10.6 Å². The number of fused-ring (bicyclic) bond motifs is 1. The van der Waals surface area contributed by atoms with E-state index in [1.807, 2.05) is 54.6 Å². The molecule has 0 bridgehead atoms. The Morgan fingerprint density at radius 1 is 0.810 bits per heavy atom. The molecule has 0 saturated heterocycles. The molecule has 0 N–H and O–H groups in total. The van der Waals surface area contributed by atoms with Gasteiger partial charge in [-0.15, -0.1) is 0 Å². The first-order chi connectivity index (χ1) is 10.1. The zero-order chi connectivity index (χ0) is 14.9. The molecule has 0 amide bonds. The van der Waals surface area contributed by atoms with E-state index in [0.717, 1.165) is 20.8 Å². The molecule has 0 aromatic heterocycles. The lowest BCUT2D eigenvalue weighted by molar-refractivity contribution is 0.595. The fraction of sp³-hybridized carbons (Fsp3) is 0.0588. The Hall–Kier alpha value is -1.65. The normalized spacial score (nSPS) is 11.7. The highest BCUT2D eigenvalue weighted by atomic mass is 79.9. The van der Waals surface area contributed by atoms with Gasteiger partial charge in [-0.3, -0.25) is 0 Å². The molecule has 0 aliphatic rings. The van der Waals surface area contributed by atoms with Crippen LogP contribution in [0.4, 0.5) is 0 Å². The van der Waals surface area contributed by atoms with Gasteiger partial charge in [0.2, 0.25) is 0 Å². The lowest BCUT2D eigenvalue weighted by atomic mass is 10.1. The van der Waals surface area contributed by atoms with Crippen molar-refractivity contribution in [2.75, 3.05) is 0 Å². The zero-order valence-electron chi connectivity index (χ0n) is 11.2. The molecule has 2 nitrogen and oxygen atoms in total. The summed E-state index contributed by atoms with van der Waals surface area (Å²) in [7, 11) is -3.36. The lowest BCUT2D eigenvalue weighted by Crippen LogP contribution is -2.05. The van der Waals surface area contributed by atoms with Crippen molar-refractivity contribution in [1.29, 1.82) is 0 Å². The number of halogens is 1. The Kier molecular flexibility index (Phi) is 3.83. The summed E-state index contributed by atoms with van der Waals surface area (Å²) >= 11 is 3.40. The predicted molar refractivity (Wildman–Crippen MR) is 89.0 cm³/mol. The van der Waals surface area contributed by atoms with Gasteiger partial charge in [0.25, 0.3) is 0 Å². The van der Waals surface area contributed by atoms with Gasteiger partial charge in [0.15, 0.2) is 9.84 Å². The lowest BCUT2D eigenvalue weighted by Gasteiger charge is -2.07. The average molecular weight is 361 g/mol. The van der Waals surface area contributed by atoms with E-state index in [-0.39, 0.29) is 5.75 Å². The molecule has 0 fully saturated rings. The SMILES string of the molecule is O=S(=O)(Cc1ccccc1Br)c1ccc2ccccc2c1. The molecule has 0 radical (unpaired) electrons. The van der Waals surface area contributed by atoms with Crippen molar-refractivity contribution in [1.82, 2.24) is 0 Å². The van der Waals surface area contributed by atoms with E-state index in [4.69, 9.17) is 0 Å². The van der Waals surface area contributed by atoms with Gasteiger partial charge >= 0.3 is 0 Å². The predicted octanol–water partition coefficient (Wildman–Crippen LogP) is 4.58. The van der Waals surface area contributed by atoms with E-state index in [9.17, 15) is 8.42 Å². The molecule has 3 rings (SSSR count). The molecule has 0 aliphatic heterocycles. The smallest absolute Gasteiger partial charge is 0.182 e. The first kappa shape index (κ1) is 14.3. The molecule has 0 aliphatic carbocycles. The highest BCUT2D eigenvalue weighted by molar-refractivity contribution is 9.10. The fourth-order valence-corrected chi connectivity index (χ4v) is 4.28. The molecular formula is C17H13BrO2S. The molecule has 0 spiro atoms. The summed E-state index contributed by atoms with van der Waals surface area (Å²) in [6.07, 6.45) is 0. The minimum atomic E-state index is -3.36. The molecule has 3 aromatic rings. The standard InChI is InChI=1S/C17H13BrO2S/c18-17-8-4-3-7-15(17)12-21(19,20)16-10-9-13-5-1-2-6-14(13)11-16/h1-11H,12H2. The molecule has 106 valence electrons. The third-order valence-corrected chi connectivity index (χ3v) is 5.82. The van der Waals surface area contributed by atoms with Crippen LogP contribution in [0.25, 0.3) is 10.8 Å². The van der Waals surface area contributed by atoms with Crippen LogP contribution >= 0.6 is 15.9 Å². The van der Waals surface area contributed by atoms with Crippen molar-refractivity contribution in [3.05, 3.63) is 76.8 Å². The van der Waals surface area contributed by atoms with E-state index in [1.54, 1.807) is 12.1 Å². The van der Waals surface area contributed by atoms with E-state index >= 15 is 0 Å². The maximum atomic E-state index is 12.6. The molecular weight excluding hydrogens is 348 g/mol. The van der Waals surface area contributed by atoms with Gasteiger partial charge in [-0.25, -0.2) is 8.42 Å². The van der Waals surface area contributed by atoms with Crippen molar-refractivity contribution in [2.24, 2.45) is 0 Å². The first-order valence-corrected chi connectivity index (χ1v) is 8.96. The quantitative estimate of drug-likeness (QED) is 0.685. The second kappa shape index (κ2) is 5.62. The highest BCUT2D eigenvalue weighted by Gasteiger charge is 2.17. The maximum Gasteiger partial charge on any atom is 0.182 e. The molecule has 0 heterocycles. The van der Waals surface area contributed by atoms with Crippen LogP contribution in [0, 0.1) is 0 Å². The Balaban J connectivity index is 2.02. The number of hydrogen-bond acceptors (Lipinski definition) is 2. The fourth-order valence-electron chi connectivity index (χ4n) is 2.26. The first-order valence-electron chi connectivity index (χ1n) is 6.51. The van der Waals surface area contributed by atoms with E-state index in [0.29, 0.717) is 4.90 Å². The van der Waals surface area contributed by atoms with Gasteiger partial charge < -0.3 is 0 Å². The molecule has 4 heteroatoms. The van der Waals surface area contributed by atoms with Crippen molar-refractivity contribution < 1.29 is 8.42 Å². The van der Waals surface area contributed by atoms with Crippen molar-refractivity contribution in [3.8, 4) is 0 Å². The summed E-state index contributed by atoms with van der Waals surface area (Å²) in [6.45, 7) is 0. The third-order valence-electron chi connectivity index (χ3n) is 3.38. The van der Waals surface area contributed by atoms with Gasteiger partial charge in [0.1, 0.15) is 0 Å². The Morgan fingerprint density at radius 3 is 2.24 bits per heavy atom. The van der Waals surface area contributed by atoms with Crippen LogP contribution in [0.5, 0.6) is 0 Å². The highest BCUT2D eigenvalue weighted by Crippen LogP contribution is 2.25. The number of sulfone groups is 1.